The van der Waals surface area contributed by atoms with Crippen LogP contribution in [0.4, 0.5) is 13.2 Å². The molecule has 0 spiro atoms. The number of aromatic hydroxyl groups is 1. The molecule has 2 aromatic heterocycles. The van der Waals surface area contributed by atoms with E-state index >= 15 is 0 Å². The Hall–Kier alpha value is -4.27. The van der Waals surface area contributed by atoms with Crippen molar-refractivity contribution in [2.45, 2.75) is 63.1 Å². The zero-order valence-corrected chi connectivity index (χ0v) is 45.6. The van der Waals surface area contributed by atoms with Gasteiger partial charge in [0.1, 0.15) is 5.75 Å². The van der Waals surface area contributed by atoms with E-state index in [2.05, 4.69) is 128 Å². The second kappa shape index (κ2) is 20.6. The number of nitrogens with one attached hydrogen (secondary N) is 2. The molecule has 0 fully saturated rings. The SMILES string of the molecule is CN1C[C@H](C(=O)NC(CO)Cc2cc(Br)c(O)c(Br)c2)C=C2c3cccc4c3c(cn4C)C[C@H]21.Cc1c(Br)cc(CC(CO)NC(=O)[C@@H]2C=C3c4cccc5c4c(cn5C(F)(F)F)C[C@H]3N(C)C2)cc1Br. The van der Waals surface area contributed by atoms with E-state index in [9.17, 15) is 38.1 Å². The third-order valence-electron chi connectivity index (χ3n) is 14.4. The van der Waals surface area contributed by atoms with E-state index in [0.717, 1.165) is 43.2 Å². The zero-order valence-electron chi connectivity index (χ0n) is 39.3. The number of amides is 2. The molecule has 18 heteroatoms. The van der Waals surface area contributed by atoms with Crippen LogP contribution in [0.2, 0.25) is 0 Å². The molecular weight excluding hydrogens is 1180 g/mol. The van der Waals surface area contributed by atoms with Gasteiger partial charge in [-0.3, -0.25) is 24.0 Å². The number of alkyl halides is 3. The Bertz CT molecular complexity index is 3100. The zero-order chi connectivity index (χ0) is 50.8. The van der Waals surface area contributed by atoms with Gasteiger partial charge in [0, 0.05) is 69.8 Å². The molecule has 2 aliphatic heterocycles. The predicted octanol–water partition coefficient (Wildman–Crippen LogP) is 9.54. The Morgan fingerprint density at radius 1 is 0.690 bits per heavy atom. The number of hydrogen-bond acceptors (Lipinski definition) is 7. The number of fused-ring (bicyclic) bond motifs is 4. The molecule has 10 rings (SSSR count). The molecule has 0 bridgehead atoms. The summed E-state index contributed by atoms with van der Waals surface area (Å²) in [7, 11) is 6.06. The number of carbonyl (C=O) groups is 2. The van der Waals surface area contributed by atoms with E-state index in [1.165, 1.54) is 39.9 Å². The van der Waals surface area contributed by atoms with Crippen LogP contribution in [-0.4, -0.2) is 111 Å². The number of aryl methyl sites for hydroxylation is 1. The minimum Gasteiger partial charge on any atom is -0.506 e. The molecule has 0 saturated heterocycles. The Morgan fingerprint density at radius 2 is 1.13 bits per heavy atom. The molecule has 0 radical (unpaired) electrons. The van der Waals surface area contributed by atoms with E-state index in [1.807, 2.05) is 43.1 Å². The number of hydrogen-bond donors (Lipinski definition) is 5. The molecule has 4 heterocycles. The van der Waals surface area contributed by atoms with Crippen LogP contribution < -0.4 is 10.6 Å². The summed E-state index contributed by atoms with van der Waals surface area (Å²) >= 11 is 13.8. The summed E-state index contributed by atoms with van der Waals surface area (Å²) in [6.45, 7) is 2.66. The van der Waals surface area contributed by atoms with Gasteiger partial charge in [-0.2, -0.15) is 0 Å². The van der Waals surface area contributed by atoms with E-state index in [1.54, 1.807) is 18.2 Å². The van der Waals surface area contributed by atoms with E-state index < -0.39 is 24.3 Å². The molecule has 2 aliphatic carbocycles. The van der Waals surface area contributed by atoms with Crippen molar-refractivity contribution in [1.29, 1.82) is 0 Å². The quantitative estimate of drug-likeness (QED) is 0.0923. The number of aromatic nitrogens is 2. The number of halogens is 7. The molecule has 11 nitrogen and oxygen atoms in total. The van der Waals surface area contributed by atoms with Crippen molar-refractivity contribution in [3.63, 3.8) is 0 Å². The number of rotatable bonds is 10. The van der Waals surface area contributed by atoms with Gasteiger partial charge >= 0.3 is 6.30 Å². The Morgan fingerprint density at radius 3 is 1.59 bits per heavy atom. The number of carbonyl (C=O) groups excluding carboxylic acids is 2. The molecular formula is C53H53Br4F3N6O5. The summed E-state index contributed by atoms with van der Waals surface area (Å²) in [6.07, 6.45) is 5.24. The Balaban J connectivity index is 0.000000176. The van der Waals surface area contributed by atoms with Gasteiger partial charge in [-0.1, -0.05) is 68.3 Å². The van der Waals surface area contributed by atoms with Gasteiger partial charge < -0.3 is 30.5 Å². The Kier molecular flexibility index (Phi) is 15.0. The number of phenolic OH excluding ortho intramolecular Hbond substituents is 1. The van der Waals surface area contributed by atoms with Crippen molar-refractivity contribution < 1.29 is 38.1 Å². The second-order valence-electron chi connectivity index (χ2n) is 19.2. The number of aliphatic hydroxyl groups excluding tert-OH is 2. The fraction of sp³-hybridized carbons (Fsp3) is 0.358. The average Bonchev–Trinajstić information content (AvgIpc) is 3.88. The van der Waals surface area contributed by atoms with E-state index in [0.29, 0.717) is 56.8 Å². The van der Waals surface area contributed by atoms with Crippen molar-refractivity contribution in [3.05, 3.63) is 142 Å². The van der Waals surface area contributed by atoms with Gasteiger partial charge in [-0.15, -0.1) is 13.2 Å². The molecule has 71 heavy (non-hydrogen) atoms. The van der Waals surface area contributed by atoms with Crippen molar-refractivity contribution in [3.8, 4) is 5.75 Å². The molecule has 4 aliphatic rings. The highest BCUT2D eigenvalue weighted by atomic mass is 79.9. The van der Waals surface area contributed by atoms with Crippen LogP contribution in [0, 0.1) is 18.8 Å². The number of benzene rings is 4. The van der Waals surface area contributed by atoms with Gasteiger partial charge in [0.15, 0.2) is 0 Å². The maximum absolute atomic E-state index is 13.7. The highest BCUT2D eigenvalue weighted by Gasteiger charge is 2.40. The van der Waals surface area contributed by atoms with Gasteiger partial charge in [-0.25, -0.2) is 0 Å². The van der Waals surface area contributed by atoms with Crippen LogP contribution in [-0.2, 0) is 48.6 Å². The molecule has 5 N–H and O–H groups in total. The molecule has 0 saturated carbocycles. The molecule has 6 aromatic rings. The summed E-state index contributed by atoms with van der Waals surface area (Å²) in [5, 5.41) is 37.8. The van der Waals surface area contributed by atoms with Crippen molar-refractivity contribution in [2.75, 3.05) is 40.4 Å². The lowest BCUT2D eigenvalue weighted by atomic mass is 9.79. The van der Waals surface area contributed by atoms with Crippen LogP contribution in [0.25, 0.3) is 33.0 Å². The first kappa shape index (κ1) is 51.6. The monoisotopic (exact) mass is 1230 g/mol. The fourth-order valence-corrected chi connectivity index (χ4v) is 13.4. The van der Waals surface area contributed by atoms with Crippen LogP contribution in [0.3, 0.4) is 0 Å². The number of nitrogens with zero attached hydrogens (tertiary/aromatic N) is 4. The maximum Gasteiger partial charge on any atom is 0.488 e. The molecule has 2 amide bonds. The van der Waals surface area contributed by atoms with Gasteiger partial charge in [-0.05, 0) is 165 Å². The minimum absolute atomic E-state index is 0.0835. The second-order valence-corrected chi connectivity index (χ2v) is 22.6. The van der Waals surface area contributed by atoms with Gasteiger partial charge in [0.05, 0.1) is 51.6 Å². The lowest BCUT2D eigenvalue weighted by Gasteiger charge is -2.39. The topological polar surface area (TPSA) is 135 Å². The number of phenols is 1. The van der Waals surface area contributed by atoms with Crippen LogP contribution in [0.5, 0.6) is 5.75 Å². The molecule has 6 atom stereocenters. The average molecular weight is 1230 g/mol. The summed E-state index contributed by atoms with van der Waals surface area (Å²) < 4.78 is 46.6. The maximum atomic E-state index is 13.7. The summed E-state index contributed by atoms with van der Waals surface area (Å²) in [6, 6.07) is 18.2. The summed E-state index contributed by atoms with van der Waals surface area (Å²) in [5.74, 6) is -0.969. The Labute approximate surface area is 443 Å². The highest BCUT2D eigenvalue weighted by Crippen LogP contribution is 2.45. The first-order chi connectivity index (χ1) is 33.7. The van der Waals surface area contributed by atoms with Crippen LogP contribution >= 0.6 is 63.7 Å². The lowest BCUT2D eigenvalue weighted by Crippen LogP contribution is -2.49. The third-order valence-corrected chi connectivity index (χ3v) is 17.3. The highest BCUT2D eigenvalue weighted by molar-refractivity contribution is 9.11. The normalized spacial score (nSPS) is 20.6. The van der Waals surface area contributed by atoms with E-state index in [-0.39, 0.29) is 54.3 Å². The minimum atomic E-state index is -4.50. The number of aliphatic hydroxyl groups is 2. The largest absolute Gasteiger partial charge is 0.506 e. The van der Waals surface area contributed by atoms with Gasteiger partial charge in [0.2, 0.25) is 11.8 Å². The van der Waals surface area contributed by atoms with Crippen molar-refractivity contribution in [1.82, 2.24) is 29.6 Å². The molecule has 2 unspecified atom stereocenters. The number of likely N-dealkylation sites (N-methyl/N-ethyl adjacent to an activating group) is 2. The summed E-state index contributed by atoms with van der Waals surface area (Å²) in [5.41, 5.74) is 10.3. The summed E-state index contributed by atoms with van der Waals surface area (Å²) in [4.78, 5) is 30.9. The van der Waals surface area contributed by atoms with Crippen LogP contribution in [0.1, 0.15) is 38.9 Å². The fourth-order valence-electron chi connectivity index (χ4n) is 10.9. The lowest BCUT2D eigenvalue weighted by molar-refractivity contribution is -0.200. The first-order valence-corrected chi connectivity index (χ1v) is 26.5. The van der Waals surface area contributed by atoms with Gasteiger partial charge in [0.25, 0.3) is 0 Å². The molecule has 374 valence electrons. The predicted molar refractivity (Wildman–Crippen MR) is 285 cm³/mol. The van der Waals surface area contributed by atoms with Crippen molar-refractivity contribution in [2.24, 2.45) is 18.9 Å². The standard InChI is InChI=1S/C27H26Br2F3N3O2.C26H27Br2N3O3/c1-14-21(28)7-15(8-22(14)29)6-18(13-36)33-26(37)17-9-20-19-4-3-5-23-25(19)16(10-24(20)34(2)11-17)12-35(23)27(30,31)32;1-30-11-15-10-23-19(18-4-3-5-22(30)24(15)18)9-16(12-31(23)2)26(34)29-17(13-32)6-14-7-20(27)25(33)21(28)8-14/h3-5,7-9,12,17-18,24,36H,6,10-11,13H2,1-2H3,(H,33,37);3-5,7-9,11,16-17,23,32-33H,6,10,12-13H2,1-2H3,(H,29,34)/t17-,18?,24-;16-,17?,23-/m11/s1. The first-order valence-electron chi connectivity index (χ1n) is 23.3. The smallest absolute Gasteiger partial charge is 0.488 e. The van der Waals surface area contributed by atoms with E-state index in [4.69, 9.17) is 0 Å². The molecule has 4 aromatic carbocycles. The van der Waals surface area contributed by atoms with Crippen molar-refractivity contribution >= 4 is 108 Å². The third kappa shape index (κ3) is 10.2. The van der Waals surface area contributed by atoms with Crippen LogP contribution in [0.15, 0.2) is 103 Å².